The number of hydrogen-bond donors (Lipinski definition) is 1. The van der Waals surface area contributed by atoms with Crippen molar-refractivity contribution in [3.8, 4) is 5.75 Å². The van der Waals surface area contributed by atoms with E-state index in [2.05, 4.69) is 4.90 Å². The molecule has 0 amide bonds. The van der Waals surface area contributed by atoms with Crippen LogP contribution >= 0.6 is 11.6 Å². The van der Waals surface area contributed by atoms with Gasteiger partial charge in [-0.25, -0.2) is 0 Å². The fraction of sp³-hybridized carbons (Fsp3) is 0.500. The summed E-state index contributed by atoms with van der Waals surface area (Å²) in [6.45, 7) is 2.49. The van der Waals surface area contributed by atoms with Gasteiger partial charge in [0.15, 0.2) is 0 Å². The average molecular weight is 244 g/mol. The monoisotopic (exact) mass is 243 g/mol. The van der Waals surface area contributed by atoms with Gasteiger partial charge in [-0.1, -0.05) is 17.7 Å². The zero-order chi connectivity index (χ0) is 11.8. The first-order chi connectivity index (χ1) is 7.72. The third-order valence-electron chi connectivity index (χ3n) is 2.23. The van der Waals surface area contributed by atoms with Crippen LogP contribution in [-0.4, -0.2) is 43.4 Å². The van der Waals surface area contributed by atoms with Crippen LogP contribution < -0.4 is 4.74 Å². The summed E-state index contributed by atoms with van der Waals surface area (Å²) in [5.41, 5.74) is 0. The molecule has 0 aliphatic heterocycles. The summed E-state index contributed by atoms with van der Waals surface area (Å²) in [6, 6.07) is 7.39. The lowest BCUT2D eigenvalue weighted by atomic mass is 10.3. The molecule has 3 nitrogen and oxygen atoms in total. The Hall–Kier alpha value is -0.770. The molecule has 16 heavy (non-hydrogen) atoms. The molecule has 1 aromatic rings. The van der Waals surface area contributed by atoms with Crippen LogP contribution in [0.1, 0.15) is 6.42 Å². The predicted octanol–water partition coefficient (Wildman–Crippen LogP) is 2.03. The summed E-state index contributed by atoms with van der Waals surface area (Å²) in [5.74, 6) is 0.803. The van der Waals surface area contributed by atoms with Gasteiger partial charge in [-0.2, -0.15) is 0 Å². The quantitative estimate of drug-likeness (QED) is 0.744. The number of nitrogens with zero attached hydrogens (tertiary/aromatic N) is 1. The van der Waals surface area contributed by atoms with Crippen molar-refractivity contribution in [2.24, 2.45) is 0 Å². The lowest BCUT2D eigenvalue weighted by Gasteiger charge is -2.14. The molecule has 0 heterocycles. The summed E-state index contributed by atoms with van der Waals surface area (Å²) in [4.78, 5) is 2.07. The van der Waals surface area contributed by atoms with Crippen LogP contribution in [0.25, 0.3) is 0 Å². The Bertz CT molecular complexity index is 307. The van der Waals surface area contributed by atoms with Crippen molar-refractivity contribution in [1.29, 1.82) is 0 Å². The van der Waals surface area contributed by atoms with Crippen LogP contribution in [0.4, 0.5) is 0 Å². The number of rotatable bonds is 7. The lowest BCUT2D eigenvalue weighted by molar-refractivity contribution is 0.207. The maximum absolute atomic E-state index is 8.71. The van der Waals surface area contributed by atoms with Gasteiger partial charge in [0.05, 0.1) is 13.2 Å². The van der Waals surface area contributed by atoms with E-state index in [0.717, 1.165) is 18.7 Å². The van der Waals surface area contributed by atoms with Crippen molar-refractivity contribution in [1.82, 2.24) is 4.90 Å². The number of hydrogen-bond acceptors (Lipinski definition) is 3. The Morgan fingerprint density at radius 3 is 2.88 bits per heavy atom. The van der Waals surface area contributed by atoms with Gasteiger partial charge in [-0.3, -0.25) is 0 Å². The highest BCUT2D eigenvalue weighted by Gasteiger charge is 1.98. The van der Waals surface area contributed by atoms with Gasteiger partial charge in [-0.15, -0.1) is 0 Å². The van der Waals surface area contributed by atoms with E-state index in [1.165, 1.54) is 0 Å². The van der Waals surface area contributed by atoms with E-state index in [-0.39, 0.29) is 6.61 Å². The van der Waals surface area contributed by atoms with Gasteiger partial charge in [0, 0.05) is 18.1 Å². The van der Waals surface area contributed by atoms with Gasteiger partial charge in [0.1, 0.15) is 5.75 Å². The van der Waals surface area contributed by atoms with Crippen LogP contribution in [0.15, 0.2) is 24.3 Å². The fourth-order valence-corrected chi connectivity index (χ4v) is 1.54. The van der Waals surface area contributed by atoms with Gasteiger partial charge >= 0.3 is 0 Å². The molecule has 0 fully saturated rings. The molecule has 0 bridgehead atoms. The molecule has 90 valence electrons. The molecule has 0 saturated carbocycles. The van der Waals surface area contributed by atoms with E-state index in [1.807, 2.05) is 25.2 Å². The minimum absolute atomic E-state index is 0.200. The van der Waals surface area contributed by atoms with Crippen molar-refractivity contribution >= 4 is 11.6 Å². The highest BCUT2D eigenvalue weighted by molar-refractivity contribution is 6.30. The number of likely N-dealkylation sites (N-methyl/N-ethyl adjacent to an activating group) is 1. The van der Waals surface area contributed by atoms with Gasteiger partial charge in [0.25, 0.3) is 0 Å². The Kier molecular flexibility index (Phi) is 6.23. The van der Waals surface area contributed by atoms with Crippen molar-refractivity contribution in [3.63, 3.8) is 0 Å². The molecule has 0 radical (unpaired) electrons. The minimum Gasteiger partial charge on any atom is -0.493 e. The first kappa shape index (κ1) is 13.3. The highest BCUT2D eigenvalue weighted by Crippen LogP contribution is 2.17. The lowest BCUT2D eigenvalue weighted by Crippen LogP contribution is -2.24. The van der Waals surface area contributed by atoms with E-state index < -0.39 is 0 Å². The SMILES string of the molecule is CN(CCO)CCCOc1cccc(Cl)c1. The molecular formula is C12H18ClNO2. The largest absolute Gasteiger partial charge is 0.493 e. The maximum atomic E-state index is 8.71. The third-order valence-corrected chi connectivity index (χ3v) is 2.47. The molecule has 4 heteroatoms. The molecular weight excluding hydrogens is 226 g/mol. The molecule has 0 aliphatic rings. The topological polar surface area (TPSA) is 32.7 Å². The summed E-state index contributed by atoms with van der Waals surface area (Å²) in [6.07, 6.45) is 0.934. The number of aliphatic hydroxyl groups excluding tert-OH is 1. The smallest absolute Gasteiger partial charge is 0.120 e. The zero-order valence-corrected chi connectivity index (χ0v) is 10.3. The van der Waals surface area contributed by atoms with Gasteiger partial charge in [0.2, 0.25) is 0 Å². The van der Waals surface area contributed by atoms with Crippen LogP contribution in [0, 0.1) is 0 Å². The Morgan fingerprint density at radius 1 is 1.38 bits per heavy atom. The van der Waals surface area contributed by atoms with Crippen LogP contribution in [0.5, 0.6) is 5.75 Å². The van der Waals surface area contributed by atoms with Crippen LogP contribution in [-0.2, 0) is 0 Å². The summed E-state index contributed by atoms with van der Waals surface area (Å²) >= 11 is 5.83. The summed E-state index contributed by atoms with van der Waals surface area (Å²) in [7, 11) is 1.98. The third kappa shape index (κ3) is 5.35. The number of ether oxygens (including phenoxy) is 1. The minimum atomic E-state index is 0.200. The van der Waals surface area contributed by atoms with Crippen LogP contribution in [0.3, 0.4) is 0 Å². The zero-order valence-electron chi connectivity index (χ0n) is 9.53. The van der Waals surface area contributed by atoms with Crippen molar-refractivity contribution in [3.05, 3.63) is 29.3 Å². The second kappa shape index (κ2) is 7.49. The molecule has 1 rings (SSSR count). The molecule has 0 spiro atoms. The van der Waals surface area contributed by atoms with E-state index in [0.29, 0.717) is 18.2 Å². The first-order valence-corrected chi connectivity index (χ1v) is 5.78. The number of halogens is 1. The molecule has 1 aromatic carbocycles. The molecule has 0 aromatic heterocycles. The normalized spacial score (nSPS) is 10.8. The van der Waals surface area contributed by atoms with Crippen LogP contribution in [0.2, 0.25) is 5.02 Å². The standard InChI is InChI=1S/C12H18ClNO2/c1-14(7-8-15)6-3-9-16-12-5-2-4-11(13)10-12/h2,4-5,10,15H,3,6-9H2,1H3. The number of aliphatic hydroxyl groups is 1. The molecule has 1 N–H and O–H groups in total. The van der Waals surface area contributed by atoms with Crippen molar-refractivity contribution < 1.29 is 9.84 Å². The summed E-state index contributed by atoms with van der Waals surface area (Å²) < 4.78 is 5.54. The first-order valence-electron chi connectivity index (χ1n) is 5.40. The number of benzene rings is 1. The van der Waals surface area contributed by atoms with Gasteiger partial charge in [-0.05, 0) is 31.7 Å². The molecule has 0 unspecified atom stereocenters. The second-order valence-electron chi connectivity index (χ2n) is 3.69. The maximum Gasteiger partial charge on any atom is 0.120 e. The Morgan fingerprint density at radius 2 is 2.19 bits per heavy atom. The van der Waals surface area contributed by atoms with E-state index >= 15 is 0 Å². The highest BCUT2D eigenvalue weighted by atomic mass is 35.5. The Labute approximate surface area is 102 Å². The van der Waals surface area contributed by atoms with E-state index in [1.54, 1.807) is 6.07 Å². The fourth-order valence-electron chi connectivity index (χ4n) is 1.36. The summed E-state index contributed by atoms with van der Waals surface area (Å²) in [5, 5.41) is 9.40. The van der Waals surface area contributed by atoms with Gasteiger partial charge < -0.3 is 14.7 Å². The Balaban J connectivity index is 2.16. The van der Waals surface area contributed by atoms with E-state index in [4.69, 9.17) is 21.4 Å². The predicted molar refractivity (Wildman–Crippen MR) is 66.1 cm³/mol. The molecule has 0 atom stereocenters. The van der Waals surface area contributed by atoms with E-state index in [9.17, 15) is 0 Å². The van der Waals surface area contributed by atoms with Crippen molar-refractivity contribution in [2.45, 2.75) is 6.42 Å². The second-order valence-corrected chi connectivity index (χ2v) is 4.12. The molecule has 0 saturated heterocycles. The molecule has 0 aliphatic carbocycles. The van der Waals surface area contributed by atoms with Crippen molar-refractivity contribution in [2.75, 3.05) is 33.4 Å². The average Bonchev–Trinajstić information content (AvgIpc) is 2.25.